The molecule has 9 heavy (non-hydrogen) atoms. The van der Waals surface area contributed by atoms with Gasteiger partial charge in [-0.2, -0.15) is 0 Å². The monoisotopic (exact) mass is 127 g/mol. The summed E-state index contributed by atoms with van der Waals surface area (Å²) in [5, 5.41) is 3.41. The minimum Gasteiger partial charge on any atom is -0.309 e. The Morgan fingerprint density at radius 2 is 2.22 bits per heavy atom. The molecule has 2 heteroatoms. The van der Waals surface area contributed by atoms with Gasteiger partial charge in [-0.3, -0.25) is 4.90 Å². The SMILES string of the molecule is [CH2]N1CCNC(C)(C)C1. The number of hydrogen-bond acceptors (Lipinski definition) is 2. The Bertz CT molecular complexity index is 99.1. The van der Waals surface area contributed by atoms with E-state index in [1.54, 1.807) is 0 Å². The normalized spacial score (nSPS) is 28.3. The van der Waals surface area contributed by atoms with E-state index in [9.17, 15) is 0 Å². The smallest absolute Gasteiger partial charge is 0.0252 e. The molecule has 0 amide bonds. The van der Waals surface area contributed by atoms with Gasteiger partial charge in [0.15, 0.2) is 0 Å². The molecule has 1 aliphatic rings. The lowest BCUT2D eigenvalue weighted by Crippen LogP contribution is -2.55. The van der Waals surface area contributed by atoms with Crippen molar-refractivity contribution in [2.45, 2.75) is 19.4 Å². The quantitative estimate of drug-likeness (QED) is 0.508. The lowest BCUT2D eigenvalue weighted by Gasteiger charge is -2.36. The Balaban J connectivity index is 2.41. The van der Waals surface area contributed by atoms with E-state index >= 15 is 0 Å². The van der Waals surface area contributed by atoms with Gasteiger partial charge in [0.2, 0.25) is 0 Å². The van der Waals surface area contributed by atoms with Crippen LogP contribution >= 0.6 is 0 Å². The molecule has 53 valence electrons. The Morgan fingerprint density at radius 3 is 2.56 bits per heavy atom. The fourth-order valence-electron chi connectivity index (χ4n) is 1.25. The van der Waals surface area contributed by atoms with E-state index in [1.165, 1.54) is 0 Å². The second-order valence-electron chi connectivity index (χ2n) is 3.36. The van der Waals surface area contributed by atoms with E-state index in [1.807, 2.05) is 0 Å². The van der Waals surface area contributed by atoms with Crippen LogP contribution in [0.3, 0.4) is 0 Å². The lowest BCUT2D eigenvalue weighted by atomic mass is 10.0. The average Bonchev–Trinajstić information content (AvgIpc) is 1.60. The first-order valence-corrected chi connectivity index (χ1v) is 3.41. The van der Waals surface area contributed by atoms with E-state index in [2.05, 4.69) is 31.1 Å². The summed E-state index contributed by atoms with van der Waals surface area (Å²) >= 11 is 0. The molecule has 1 aliphatic heterocycles. The molecule has 1 radical (unpaired) electrons. The third-order valence-electron chi connectivity index (χ3n) is 1.65. The summed E-state index contributed by atoms with van der Waals surface area (Å²) in [4.78, 5) is 2.11. The Labute approximate surface area is 57.2 Å². The van der Waals surface area contributed by atoms with E-state index < -0.39 is 0 Å². The molecule has 0 aliphatic carbocycles. The van der Waals surface area contributed by atoms with Crippen LogP contribution in [0, 0.1) is 7.05 Å². The summed E-state index contributed by atoms with van der Waals surface area (Å²) in [7, 11) is 3.89. The zero-order valence-corrected chi connectivity index (χ0v) is 6.28. The van der Waals surface area contributed by atoms with Crippen LogP contribution < -0.4 is 5.32 Å². The van der Waals surface area contributed by atoms with Crippen LogP contribution in [0.5, 0.6) is 0 Å². The summed E-state index contributed by atoms with van der Waals surface area (Å²) in [5.41, 5.74) is 0.264. The number of piperazine rings is 1. The Hall–Kier alpha value is -0.0800. The van der Waals surface area contributed by atoms with Crippen molar-refractivity contribution in [2.75, 3.05) is 19.6 Å². The molecule has 0 atom stereocenters. The van der Waals surface area contributed by atoms with Crippen molar-refractivity contribution in [2.24, 2.45) is 0 Å². The fourth-order valence-corrected chi connectivity index (χ4v) is 1.25. The maximum Gasteiger partial charge on any atom is 0.0252 e. The standard InChI is InChI=1S/C7H15N2/c1-7(2)6-9(3)5-4-8-7/h8H,3-6H2,1-2H3. The van der Waals surface area contributed by atoms with Crippen molar-refractivity contribution in [3.05, 3.63) is 7.05 Å². The highest BCUT2D eigenvalue weighted by molar-refractivity contribution is 4.86. The molecule has 2 nitrogen and oxygen atoms in total. The zero-order chi connectivity index (χ0) is 6.91. The van der Waals surface area contributed by atoms with Gasteiger partial charge >= 0.3 is 0 Å². The third-order valence-corrected chi connectivity index (χ3v) is 1.65. The first-order chi connectivity index (χ1) is 4.10. The van der Waals surface area contributed by atoms with Gasteiger partial charge in [0.05, 0.1) is 0 Å². The van der Waals surface area contributed by atoms with E-state index in [4.69, 9.17) is 0 Å². The Kier molecular flexibility index (Phi) is 1.78. The van der Waals surface area contributed by atoms with E-state index in [-0.39, 0.29) is 5.54 Å². The minimum atomic E-state index is 0.264. The molecule has 0 aromatic rings. The van der Waals surface area contributed by atoms with Crippen LogP contribution in [0.1, 0.15) is 13.8 Å². The topological polar surface area (TPSA) is 15.3 Å². The summed E-state index contributed by atoms with van der Waals surface area (Å²) in [6, 6.07) is 0. The number of nitrogens with one attached hydrogen (secondary N) is 1. The molecule has 0 bridgehead atoms. The maximum absolute atomic E-state index is 3.89. The summed E-state index contributed by atoms with van der Waals surface area (Å²) < 4.78 is 0. The second kappa shape index (κ2) is 2.27. The summed E-state index contributed by atoms with van der Waals surface area (Å²) in [5.74, 6) is 0. The van der Waals surface area contributed by atoms with Gasteiger partial charge in [-0.25, -0.2) is 0 Å². The molecule has 1 heterocycles. The van der Waals surface area contributed by atoms with E-state index in [0.29, 0.717) is 0 Å². The van der Waals surface area contributed by atoms with Crippen molar-refractivity contribution in [1.82, 2.24) is 10.2 Å². The summed E-state index contributed by atoms with van der Waals surface area (Å²) in [6.07, 6.45) is 0. The van der Waals surface area contributed by atoms with Crippen molar-refractivity contribution in [3.8, 4) is 0 Å². The van der Waals surface area contributed by atoms with Crippen molar-refractivity contribution in [1.29, 1.82) is 0 Å². The molecule has 1 rings (SSSR count). The van der Waals surface area contributed by atoms with Gasteiger partial charge < -0.3 is 5.32 Å². The van der Waals surface area contributed by atoms with Crippen molar-refractivity contribution in [3.63, 3.8) is 0 Å². The largest absolute Gasteiger partial charge is 0.309 e. The molecule has 1 N–H and O–H groups in total. The van der Waals surface area contributed by atoms with Gasteiger partial charge in [0.25, 0.3) is 0 Å². The van der Waals surface area contributed by atoms with Crippen LogP contribution in [-0.4, -0.2) is 30.1 Å². The van der Waals surface area contributed by atoms with Crippen molar-refractivity contribution >= 4 is 0 Å². The van der Waals surface area contributed by atoms with Gasteiger partial charge in [-0.1, -0.05) is 0 Å². The molecular formula is C7H15N2. The highest BCUT2D eigenvalue weighted by atomic mass is 15.2. The molecular weight excluding hydrogens is 112 g/mol. The number of hydrogen-bond donors (Lipinski definition) is 1. The minimum absolute atomic E-state index is 0.264. The molecule has 0 aromatic heterocycles. The zero-order valence-electron chi connectivity index (χ0n) is 6.28. The molecule has 1 fully saturated rings. The first-order valence-electron chi connectivity index (χ1n) is 3.41. The third kappa shape index (κ3) is 1.95. The number of rotatable bonds is 0. The molecule has 1 saturated heterocycles. The van der Waals surface area contributed by atoms with Gasteiger partial charge in [0, 0.05) is 32.2 Å². The van der Waals surface area contributed by atoms with Crippen LogP contribution in [0.25, 0.3) is 0 Å². The molecule has 0 unspecified atom stereocenters. The predicted octanol–water partition coefficient (Wildman–Crippen LogP) is 0.462. The van der Waals surface area contributed by atoms with Crippen LogP contribution in [0.15, 0.2) is 0 Å². The Morgan fingerprint density at radius 1 is 1.56 bits per heavy atom. The molecule has 0 aromatic carbocycles. The maximum atomic E-state index is 3.89. The number of nitrogens with zero attached hydrogens (tertiary/aromatic N) is 1. The first kappa shape index (κ1) is 7.03. The van der Waals surface area contributed by atoms with Gasteiger partial charge in [-0.15, -0.1) is 0 Å². The van der Waals surface area contributed by atoms with Crippen LogP contribution in [-0.2, 0) is 0 Å². The van der Waals surface area contributed by atoms with Crippen LogP contribution in [0.2, 0.25) is 0 Å². The summed E-state index contributed by atoms with van der Waals surface area (Å²) in [6.45, 7) is 7.58. The molecule has 0 saturated carbocycles. The fraction of sp³-hybridized carbons (Fsp3) is 0.857. The van der Waals surface area contributed by atoms with Crippen molar-refractivity contribution < 1.29 is 0 Å². The van der Waals surface area contributed by atoms with E-state index in [0.717, 1.165) is 19.6 Å². The lowest BCUT2D eigenvalue weighted by molar-refractivity contribution is 0.202. The highest BCUT2D eigenvalue weighted by Crippen LogP contribution is 2.07. The molecule has 0 spiro atoms. The van der Waals surface area contributed by atoms with Gasteiger partial charge in [-0.05, 0) is 13.8 Å². The van der Waals surface area contributed by atoms with Crippen LogP contribution in [0.4, 0.5) is 0 Å². The predicted molar refractivity (Wildman–Crippen MR) is 39.0 cm³/mol. The highest BCUT2D eigenvalue weighted by Gasteiger charge is 2.22. The second-order valence-corrected chi connectivity index (χ2v) is 3.36. The average molecular weight is 127 g/mol. The van der Waals surface area contributed by atoms with Gasteiger partial charge in [0.1, 0.15) is 0 Å².